The Morgan fingerprint density at radius 2 is 1.65 bits per heavy atom. The SMILES string of the molecule is O=Cc1ccc(Oc2cc(Cl)cc(C(F)(F)F)c2)cc1. The maximum Gasteiger partial charge on any atom is 0.416 e. The molecule has 0 amide bonds. The Labute approximate surface area is 117 Å². The van der Waals surface area contributed by atoms with E-state index in [2.05, 4.69) is 0 Å². The topological polar surface area (TPSA) is 26.3 Å². The van der Waals surface area contributed by atoms with Gasteiger partial charge in [0.1, 0.15) is 17.8 Å². The fourth-order valence-electron chi connectivity index (χ4n) is 1.54. The van der Waals surface area contributed by atoms with Crippen molar-refractivity contribution in [2.45, 2.75) is 6.18 Å². The molecule has 0 aliphatic rings. The highest BCUT2D eigenvalue weighted by Crippen LogP contribution is 2.35. The summed E-state index contributed by atoms with van der Waals surface area (Å²) in [6.07, 6.45) is -3.84. The van der Waals surface area contributed by atoms with E-state index in [1.807, 2.05) is 0 Å². The second kappa shape index (κ2) is 5.54. The first-order valence-electron chi connectivity index (χ1n) is 5.49. The van der Waals surface area contributed by atoms with Crippen molar-refractivity contribution in [1.29, 1.82) is 0 Å². The lowest BCUT2D eigenvalue weighted by atomic mass is 10.2. The minimum absolute atomic E-state index is 0.0244. The molecule has 2 nitrogen and oxygen atoms in total. The smallest absolute Gasteiger partial charge is 0.416 e. The number of hydrogen-bond acceptors (Lipinski definition) is 2. The number of benzene rings is 2. The maximum atomic E-state index is 12.6. The van der Waals surface area contributed by atoms with Crippen LogP contribution < -0.4 is 4.74 Å². The van der Waals surface area contributed by atoms with E-state index in [1.54, 1.807) is 0 Å². The molecule has 0 saturated heterocycles. The van der Waals surface area contributed by atoms with Crippen molar-refractivity contribution in [2.24, 2.45) is 0 Å². The number of alkyl halides is 3. The minimum Gasteiger partial charge on any atom is -0.457 e. The van der Waals surface area contributed by atoms with E-state index < -0.39 is 11.7 Å². The second-order valence-electron chi connectivity index (χ2n) is 3.96. The molecule has 0 N–H and O–H groups in total. The van der Waals surface area contributed by atoms with Crippen molar-refractivity contribution in [3.63, 3.8) is 0 Å². The lowest BCUT2D eigenvalue weighted by Gasteiger charge is -2.11. The summed E-state index contributed by atoms with van der Waals surface area (Å²) in [4.78, 5) is 10.5. The van der Waals surface area contributed by atoms with Gasteiger partial charge in [0, 0.05) is 10.6 Å². The third-order valence-electron chi connectivity index (χ3n) is 2.45. The molecular formula is C14H8ClF3O2. The van der Waals surface area contributed by atoms with Gasteiger partial charge in [-0.2, -0.15) is 13.2 Å². The van der Waals surface area contributed by atoms with Crippen LogP contribution in [0.25, 0.3) is 0 Å². The van der Waals surface area contributed by atoms with Crippen molar-refractivity contribution < 1.29 is 22.7 Å². The number of carbonyl (C=O) groups is 1. The summed E-state index contributed by atoms with van der Waals surface area (Å²) in [5.41, 5.74) is -0.441. The van der Waals surface area contributed by atoms with Crippen LogP contribution in [-0.2, 0) is 6.18 Å². The van der Waals surface area contributed by atoms with Crippen LogP contribution in [-0.4, -0.2) is 6.29 Å². The number of rotatable bonds is 3. The molecule has 0 heterocycles. The highest BCUT2D eigenvalue weighted by atomic mass is 35.5. The quantitative estimate of drug-likeness (QED) is 0.749. The summed E-state index contributed by atoms with van der Waals surface area (Å²) in [5.74, 6) is 0.287. The number of halogens is 4. The third kappa shape index (κ3) is 3.51. The number of hydrogen-bond donors (Lipinski definition) is 0. The maximum absolute atomic E-state index is 12.6. The molecule has 104 valence electrons. The predicted molar refractivity (Wildman–Crippen MR) is 68.4 cm³/mol. The molecule has 0 radical (unpaired) electrons. The highest BCUT2D eigenvalue weighted by Gasteiger charge is 2.31. The zero-order chi connectivity index (χ0) is 14.8. The summed E-state index contributed by atoms with van der Waals surface area (Å²) in [7, 11) is 0. The summed E-state index contributed by atoms with van der Waals surface area (Å²) < 4.78 is 43.2. The van der Waals surface area contributed by atoms with Crippen LogP contribution >= 0.6 is 11.6 Å². The van der Waals surface area contributed by atoms with E-state index in [0.29, 0.717) is 17.6 Å². The molecular weight excluding hydrogens is 293 g/mol. The Morgan fingerprint density at radius 1 is 1.00 bits per heavy atom. The Bertz CT molecular complexity index is 621. The van der Waals surface area contributed by atoms with Crippen molar-refractivity contribution in [3.05, 3.63) is 58.6 Å². The van der Waals surface area contributed by atoms with E-state index in [1.165, 1.54) is 30.3 Å². The van der Waals surface area contributed by atoms with Crippen molar-refractivity contribution in [1.82, 2.24) is 0 Å². The van der Waals surface area contributed by atoms with Crippen LogP contribution in [0.3, 0.4) is 0 Å². The van der Waals surface area contributed by atoms with Crippen molar-refractivity contribution in [3.8, 4) is 11.5 Å². The summed E-state index contributed by atoms with van der Waals surface area (Å²) in [6.45, 7) is 0. The standard InChI is InChI=1S/C14H8ClF3O2/c15-11-5-10(14(16,17)18)6-13(7-11)20-12-3-1-9(8-19)2-4-12/h1-8H. The average molecular weight is 301 g/mol. The van der Waals surface area contributed by atoms with E-state index in [-0.39, 0.29) is 10.8 Å². The molecule has 0 spiro atoms. The molecule has 0 aliphatic carbocycles. The summed E-state index contributed by atoms with van der Waals surface area (Å²) in [5, 5.41) is -0.0701. The van der Waals surface area contributed by atoms with Crippen molar-refractivity contribution >= 4 is 17.9 Å². The molecule has 20 heavy (non-hydrogen) atoms. The van der Waals surface area contributed by atoms with Gasteiger partial charge in [0.15, 0.2) is 0 Å². The molecule has 6 heteroatoms. The van der Waals surface area contributed by atoms with Crippen LogP contribution in [0.5, 0.6) is 11.5 Å². The highest BCUT2D eigenvalue weighted by molar-refractivity contribution is 6.30. The summed E-state index contributed by atoms with van der Waals surface area (Å²) in [6, 6.07) is 8.93. The molecule has 0 fully saturated rings. The van der Waals surface area contributed by atoms with Gasteiger partial charge in [0.25, 0.3) is 0 Å². The first-order valence-corrected chi connectivity index (χ1v) is 5.87. The Kier molecular flexibility index (Phi) is 3.99. The van der Waals surface area contributed by atoms with Crippen LogP contribution in [0.4, 0.5) is 13.2 Å². The molecule has 2 aromatic rings. The first-order chi connectivity index (χ1) is 9.38. The normalized spacial score (nSPS) is 11.2. The van der Waals surface area contributed by atoms with Crippen LogP contribution in [0, 0.1) is 0 Å². The molecule has 0 unspecified atom stereocenters. The molecule has 0 aromatic heterocycles. The van der Waals surface area contributed by atoms with Gasteiger partial charge < -0.3 is 4.74 Å². The van der Waals surface area contributed by atoms with Crippen LogP contribution in [0.2, 0.25) is 5.02 Å². The van der Waals surface area contributed by atoms with Gasteiger partial charge in [0.2, 0.25) is 0 Å². The van der Waals surface area contributed by atoms with Gasteiger partial charge in [-0.15, -0.1) is 0 Å². The Morgan fingerprint density at radius 3 is 2.20 bits per heavy atom. The fraction of sp³-hybridized carbons (Fsp3) is 0.0714. The van der Waals surface area contributed by atoms with Gasteiger partial charge in [-0.05, 0) is 42.5 Å². The van der Waals surface area contributed by atoms with E-state index in [0.717, 1.165) is 12.1 Å². The first kappa shape index (κ1) is 14.4. The van der Waals surface area contributed by atoms with E-state index >= 15 is 0 Å². The summed E-state index contributed by atoms with van der Waals surface area (Å²) >= 11 is 5.64. The number of ether oxygens (including phenoxy) is 1. The zero-order valence-electron chi connectivity index (χ0n) is 9.95. The van der Waals surface area contributed by atoms with Crippen molar-refractivity contribution in [2.75, 3.05) is 0 Å². The second-order valence-corrected chi connectivity index (χ2v) is 4.40. The molecule has 0 bridgehead atoms. The zero-order valence-corrected chi connectivity index (χ0v) is 10.7. The molecule has 0 saturated carbocycles. The Hall–Kier alpha value is -2.01. The lowest BCUT2D eigenvalue weighted by molar-refractivity contribution is -0.137. The molecule has 2 rings (SSSR count). The van der Waals surface area contributed by atoms with Crippen LogP contribution in [0.1, 0.15) is 15.9 Å². The Balaban J connectivity index is 2.28. The van der Waals surface area contributed by atoms with Gasteiger partial charge in [-0.1, -0.05) is 11.6 Å². The van der Waals surface area contributed by atoms with Crippen LogP contribution in [0.15, 0.2) is 42.5 Å². The number of aldehydes is 1. The molecule has 0 atom stereocenters. The minimum atomic E-state index is -4.50. The van der Waals surface area contributed by atoms with Gasteiger partial charge >= 0.3 is 6.18 Å². The van der Waals surface area contributed by atoms with Gasteiger partial charge in [-0.25, -0.2) is 0 Å². The number of carbonyl (C=O) groups excluding carboxylic acids is 1. The van der Waals surface area contributed by atoms with Gasteiger partial charge in [0.05, 0.1) is 5.56 Å². The average Bonchev–Trinajstić information content (AvgIpc) is 2.38. The van der Waals surface area contributed by atoms with Gasteiger partial charge in [-0.3, -0.25) is 4.79 Å². The largest absolute Gasteiger partial charge is 0.457 e. The van der Waals surface area contributed by atoms with E-state index in [9.17, 15) is 18.0 Å². The molecule has 0 aliphatic heterocycles. The molecule has 2 aromatic carbocycles. The monoisotopic (exact) mass is 300 g/mol. The predicted octanol–water partition coefficient (Wildman–Crippen LogP) is 4.96. The lowest BCUT2D eigenvalue weighted by Crippen LogP contribution is -2.04. The fourth-order valence-corrected chi connectivity index (χ4v) is 1.76. The van der Waals surface area contributed by atoms with E-state index in [4.69, 9.17) is 16.3 Å². The third-order valence-corrected chi connectivity index (χ3v) is 2.67.